The lowest BCUT2D eigenvalue weighted by Gasteiger charge is -2.31. The molecule has 2 aromatic rings. The van der Waals surface area contributed by atoms with E-state index in [1.165, 1.54) is 18.2 Å². The highest BCUT2D eigenvalue weighted by Gasteiger charge is 2.35. The van der Waals surface area contributed by atoms with Crippen molar-refractivity contribution in [1.82, 2.24) is 4.90 Å². The van der Waals surface area contributed by atoms with Gasteiger partial charge in [-0.1, -0.05) is 31.2 Å². The standard InChI is InChI=1S/C22H21NO5S/c1-2-20(24)23-11-9-14(10-12-23)29(27,28)15-7-8-18-19(13-15)22(26)17-6-4-3-5-16(17)21(18)25/h3-8,13-14H,2,9-12H2,1H3. The van der Waals surface area contributed by atoms with E-state index in [1.54, 1.807) is 36.1 Å². The molecule has 0 N–H and O–H groups in total. The van der Waals surface area contributed by atoms with Crippen LogP contribution in [-0.2, 0) is 14.6 Å². The molecule has 0 unspecified atom stereocenters. The van der Waals surface area contributed by atoms with Crippen LogP contribution in [0.3, 0.4) is 0 Å². The maximum Gasteiger partial charge on any atom is 0.222 e. The lowest BCUT2D eigenvalue weighted by molar-refractivity contribution is -0.131. The van der Waals surface area contributed by atoms with Gasteiger partial charge in [-0.15, -0.1) is 0 Å². The topological polar surface area (TPSA) is 88.6 Å². The first kappa shape index (κ1) is 19.5. The van der Waals surface area contributed by atoms with Gasteiger partial charge in [0, 0.05) is 41.8 Å². The number of carbonyl (C=O) groups excluding carboxylic acids is 3. The minimum Gasteiger partial charge on any atom is -0.343 e. The van der Waals surface area contributed by atoms with E-state index in [0.29, 0.717) is 43.5 Å². The van der Waals surface area contributed by atoms with E-state index in [1.807, 2.05) is 0 Å². The summed E-state index contributed by atoms with van der Waals surface area (Å²) in [5.74, 6) is -0.585. The summed E-state index contributed by atoms with van der Waals surface area (Å²) < 4.78 is 26.3. The molecule has 0 bridgehead atoms. The molecular formula is C22H21NO5S. The van der Waals surface area contributed by atoms with Crippen molar-refractivity contribution in [2.45, 2.75) is 36.3 Å². The summed E-state index contributed by atoms with van der Waals surface area (Å²) >= 11 is 0. The van der Waals surface area contributed by atoms with Crippen LogP contribution in [-0.4, -0.2) is 49.1 Å². The molecule has 4 rings (SSSR count). The molecule has 0 radical (unpaired) electrons. The minimum absolute atomic E-state index is 0.0254. The number of amides is 1. The van der Waals surface area contributed by atoms with Crippen molar-refractivity contribution in [1.29, 1.82) is 0 Å². The Hall–Kier alpha value is -2.80. The highest BCUT2D eigenvalue weighted by atomic mass is 32.2. The fourth-order valence-corrected chi connectivity index (χ4v) is 5.84. The second kappa shape index (κ2) is 7.22. The van der Waals surface area contributed by atoms with Crippen LogP contribution in [0, 0.1) is 0 Å². The van der Waals surface area contributed by atoms with Gasteiger partial charge in [-0.05, 0) is 31.0 Å². The third-order valence-corrected chi connectivity index (χ3v) is 8.02. The summed E-state index contributed by atoms with van der Waals surface area (Å²) in [5, 5.41) is -0.608. The molecule has 1 aliphatic carbocycles. The highest BCUT2D eigenvalue weighted by Crippen LogP contribution is 2.31. The predicted octanol–water partition coefficient (Wildman–Crippen LogP) is 2.64. The first-order valence-electron chi connectivity index (χ1n) is 9.68. The van der Waals surface area contributed by atoms with Crippen LogP contribution in [0.25, 0.3) is 0 Å². The lowest BCUT2D eigenvalue weighted by Crippen LogP contribution is -2.42. The summed E-state index contributed by atoms with van der Waals surface area (Å²) in [7, 11) is -3.67. The number of rotatable bonds is 3. The molecule has 0 atom stereocenters. The summed E-state index contributed by atoms with van der Waals surface area (Å²) in [4.78, 5) is 39.1. The molecule has 29 heavy (non-hydrogen) atoms. The van der Waals surface area contributed by atoms with Crippen LogP contribution in [0.2, 0.25) is 0 Å². The number of hydrogen-bond acceptors (Lipinski definition) is 5. The van der Waals surface area contributed by atoms with Crippen LogP contribution in [0.1, 0.15) is 58.0 Å². The Kier molecular flexibility index (Phi) is 4.86. The molecule has 6 nitrogen and oxygen atoms in total. The molecule has 0 spiro atoms. The third-order valence-electron chi connectivity index (χ3n) is 5.76. The van der Waals surface area contributed by atoms with Gasteiger partial charge < -0.3 is 4.90 Å². The van der Waals surface area contributed by atoms with Crippen LogP contribution in [0.5, 0.6) is 0 Å². The van der Waals surface area contributed by atoms with Gasteiger partial charge in [-0.2, -0.15) is 0 Å². The number of ketones is 2. The molecule has 1 heterocycles. The predicted molar refractivity (Wildman–Crippen MR) is 107 cm³/mol. The molecule has 0 aromatic heterocycles. The van der Waals surface area contributed by atoms with Crippen LogP contribution >= 0.6 is 0 Å². The van der Waals surface area contributed by atoms with Gasteiger partial charge in [0.25, 0.3) is 0 Å². The van der Waals surface area contributed by atoms with Crippen molar-refractivity contribution in [3.8, 4) is 0 Å². The summed E-state index contributed by atoms with van der Waals surface area (Å²) in [6.45, 7) is 2.60. The van der Waals surface area contributed by atoms with Gasteiger partial charge in [-0.25, -0.2) is 8.42 Å². The summed E-state index contributed by atoms with van der Waals surface area (Å²) in [6.07, 6.45) is 1.13. The SMILES string of the molecule is CCC(=O)N1CCC(S(=O)(=O)c2ccc3c(c2)C(=O)c2ccccc2C3=O)CC1. The molecule has 2 aromatic carbocycles. The molecule has 2 aliphatic rings. The number of nitrogens with zero attached hydrogens (tertiary/aromatic N) is 1. The van der Waals surface area contributed by atoms with Crippen molar-refractivity contribution in [2.75, 3.05) is 13.1 Å². The van der Waals surface area contributed by atoms with Crippen molar-refractivity contribution < 1.29 is 22.8 Å². The largest absolute Gasteiger partial charge is 0.343 e. The van der Waals surface area contributed by atoms with E-state index in [2.05, 4.69) is 0 Å². The van der Waals surface area contributed by atoms with Gasteiger partial charge in [0.15, 0.2) is 21.4 Å². The smallest absolute Gasteiger partial charge is 0.222 e. The number of sulfone groups is 1. The average molecular weight is 411 g/mol. The molecule has 1 saturated heterocycles. The zero-order valence-corrected chi connectivity index (χ0v) is 16.9. The molecule has 0 saturated carbocycles. The number of hydrogen-bond donors (Lipinski definition) is 0. The van der Waals surface area contributed by atoms with E-state index in [9.17, 15) is 22.8 Å². The van der Waals surface area contributed by atoms with Crippen molar-refractivity contribution >= 4 is 27.3 Å². The van der Waals surface area contributed by atoms with E-state index in [0.717, 1.165) is 0 Å². The van der Waals surface area contributed by atoms with Gasteiger partial charge in [0.2, 0.25) is 5.91 Å². The normalized spacial score (nSPS) is 17.1. The quantitative estimate of drug-likeness (QED) is 0.661. The Morgan fingerprint density at radius 1 is 0.931 bits per heavy atom. The van der Waals surface area contributed by atoms with E-state index in [4.69, 9.17) is 0 Å². The first-order valence-corrected chi connectivity index (χ1v) is 11.2. The van der Waals surface area contributed by atoms with Crippen LogP contribution in [0.15, 0.2) is 47.4 Å². The highest BCUT2D eigenvalue weighted by molar-refractivity contribution is 7.92. The van der Waals surface area contributed by atoms with Crippen molar-refractivity contribution in [3.63, 3.8) is 0 Å². The Labute approximate surface area is 169 Å². The molecule has 1 fully saturated rings. The molecule has 1 aliphatic heterocycles. The summed E-state index contributed by atoms with van der Waals surface area (Å²) in [5.41, 5.74) is 1.00. The lowest BCUT2D eigenvalue weighted by atomic mass is 9.84. The first-order chi connectivity index (χ1) is 13.8. The van der Waals surface area contributed by atoms with Crippen LogP contribution < -0.4 is 0 Å². The van der Waals surface area contributed by atoms with Gasteiger partial charge in [-0.3, -0.25) is 14.4 Å². The molecular weight excluding hydrogens is 390 g/mol. The molecule has 1 amide bonds. The number of carbonyl (C=O) groups is 3. The van der Waals surface area contributed by atoms with E-state index in [-0.39, 0.29) is 33.5 Å². The summed E-state index contributed by atoms with van der Waals surface area (Å²) in [6, 6.07) is 10.8. The zero-order valence-electron chi connectivity index (χ0n) is 16.1. The Bertz CT molecular complexity index is 1130. The van der Waals surface area contributed by atoms with Crippen LogP contribution in [0.4, 0.5) is 0 Å². The second-order valence-corrected chi connectivity index (χ2v) is 9.62. The van der Waals surface area contributed by atoms with E-state index < -0.39 is 15.1 Å². The van der Waals surface area contributed by atoms with Crippen molar-refractivity contribution in [2.24, 2.45) is 0 Å². The number of fused-ring (bicyclic) bond motifs is 2. The fraction of sp³-hybridized carbons (Fsp3) is 0.318. The van der Waals surface area contributed by atoms with Crippen molar-refractivity contribution in [3.05, 3.63) is 64.7 Å². The van der Waals surface area contributed by atoms with Gasteiger partial charge in [0.05, 0.1) is 10.1 Å². The maximum atomic E-state index is 13.2. The molecule has 7 heteroatoms. The molecule has 150 valence electrons. The number of benzene rings is 2. The third kappa shape index (κ3) is 3.19. The zero-order chi connectivity index (χ0) is 20.8. The Morgan fingerprint density at radius 3 is 2.07 bits per heavy atom. The second-order valence-electron chi connectivity index (χ2n) is 7.39. The van der Waals surface area contributed by atoms with E-state index >= 15 is 0 Å². The number of likely N-dealkylation sites (tertiary alicyclic amines) is 1. The Balaban J connectivity index is 1.65. The van der Waals surface area contributed by atoms with Gasteiger partial charge >= 0.3 is 0 Å². The Morgan fingerprint density at radius 2 is 1.48 bits per heavy atom. The average Bonchev–Trinajstić information content (AvgIpc) is 2.76. The minimum atomic E-state index is -3.67. The fourth-order valence-electron chi connectivity index (χ4n) is 4.09. The number of piperidine rings is 1. The maximum absolute atomic E-state index is 13.2. The monoisotopic (exact) mass is 411 g/mol. The van der Waals surface area contributed by atoms with Gasteiger partial charge in [0.1, 0.15) is 0 Å².